The highest BCUT2D eigenvalue weighted by Gasteiger charge is 2.52. The molecule has 0 spiro atoms. The van der Waals surface area contributed by atoms with Gasteiger partial charge in [0.25, 0.3) is 0 Å². The van der Waals surface area contributed by atoms with Crippen LogP contribution in [-0.2, 0) is 32.0 Å². The topological polar surface area (TPSA) is 102 Å². The largest absolute Gasteiger partial charge is 0.343 e. The van der Waals surface area contributed by atoms with Gasteiger partial charge in [-0.15, -0.1) is 0 Å². The summed E-state index contributed by atoms with van der Waals surface area (Å²) in [5.74, 6) is -1.31. The Morgan fingerprint density at radius 1 is 0.936 bits per heavy atom. The Balaban J connectivity index is 1.30. The van der Waals surface area contributed by atoms with Crippen molar-refractivity contribution in [3.05, 3.63) is 83.7 Å². The summed E-state index contributed by atoms with van der Waals surface area (Å²) < 4.78 is 13.6. The Morgan fingerprint density at radius 2 is 1.64 bits per heavy atom. The SMILES string of the molecule is CN[C@@H](C)C(=O)N[C@H](C(=O)N1CC(=O)N2[C@@H]1CN(CCc1ccc(F)cc1)C(=O)[C@@H]2Cc1ccc2ccccc2c1)C1CCCCC1. The van der Waals surface area contributed by atoms with Gasteiger partial charge in [0.15, 0.2) is 0 Å². The lowest BCUT2D eigenvalue weighted by atomic mass is 9.83. The van der Waals surface area contributed by atoms with E-state index in [9.17, 15) is 23.6 Å². The van der Waals surface area contributed by atoms with E-state index >= 15 is 0 Å². The van der Waals surface area contributed by atoms with E-state index in [4.69, 9.17) is 0 Å². The molecule has 0 unspecified atom stereocenters. The van der Waals surface area contributed by atoms with Crippen molar-refractivity contribution in [1.29, 1.82) is 0 Å². The Kier molecular flexibility index (Phi) is 9.87. The summed E-state index contributed by atoms with van der Waals surface area (Å²) in [6.45, 7) is 2.14. The molecule has 3 aliphatic rings. The minimum Gasteiger partial charge on any atom is -0.343 e. The smallest absolute Gasteiger partial charge is 0.247 e. The van der Waals surface area contributed by atoms with Crippen LogP contribution < -0.4 is 10.6 Å². The molecule has 9 nitrogen and oxygen atoms in total. The predicted molar refractivity (Wildman–Crippen MR) is 177 cm³/mol. The number of piperazine rings is 1. The molecule has 2 N–H and O–H groups in total. The second kappa shape index (κ2) is 14.2. The number of nitrogens with zero attached hydrogens (tertiary/aromatic N) is 3. The zero-order valence-electron chi connectivity index (χ0n) is 27.2. The van der Waals surface area contributed by atoms with Crippen molar-refractivity contribution in [2.45, 2.75) is 76.2 Å². The average Bonchev–Trinajstić information content (AvgIpc) is 3.43. The number of nitrogens with one attached hydrogen (secondary N) is 2. The van der Waals surface area contributed by atoms with Crippen molar-refractivity contribution in [3.63, 3.8) is 0 Å². The highest BCUT2D eigenvalue weighted by atomic mass is 19.1. The summed E-state index contributed by atoms with van der Waals surface area (Å²) in [6, 6.07) is 18.3. The van der Waals surface area contributed by atoms with Gasteiger partial charge in [0.2, 0.25) is 23.6 Å². The lowest BCUT2D eigenvalue weighted by Gasteiger charge is -2.45. The van der Waals surface area contributed by atoms with Gasteiger partial charge in [0.05, 0.1) is 12.6 Å². The van der Waals surface area contributed by atoms with Crippen molar-refractivity contribution in [1.82, 2.24) is 25.3 Å². The fourth-order valence-corrected chi connectivity index (χ4v) is 7.39. The third-order valence-electron chi connectivity index (χ3n) is 10.2. The monoisotopic (exact) mass is 641 g/mol. The van der Waals surface area contributed by atoms with E-state index in [1.807, 2.05) is 36.4 Å². The molecule has 2 heterocycles. The Labute approximate surface area is 275 Å². The molecule has 0 aromatic heterocycles. The Morgan fingerprint density at radius 3 is 2.36 bits per heavy atom. The summed E-state index contributed by atoms with van der Waals surface area (Å²) in [5, 5.41) is 8.11. The maximum atomic E-state index is 14.5. The van der Waals surface area contributed by atoms with E-state index in [0.29, 0.717) is 19.4 Å². The molecule has 3 aromatic rings. The number of amides is 4. The van der Waals surface area contributed by atoms with Crippen LogP contribution in [0.4, 0.5) is 4.39 Å². The molecule has 3 aromatic carbocycles. The maximum absolute atomic E-state index is 14.5. The van der Waals surface area contributed by atoms with Gasteiger partial charge in [-0.05, 0) is 73.2 Å². The number of carbonyl (C=O) groups excluding carboxylic acids is 4. The minimum atomic E-state index is -0.791. The highest BCUT2D eigenvalue weighted by Crippen LogP contribution is 2.33. The van der Waals surface area contributed by atoms with Gasteiger partial charge in [-0.3, -0.25) is 19.2 Å². The van der Waals surface area contributed by atoms with Crippen LogP contribution in [0, 0.1) is 11.7 Å². The van der Waals surface area contributed by atoms with Gasteiger partial charge in [-0.25, -0.2) is 4.39 Å². The molecule has 0 radical (unpaired) electrons. The summed E-state index contributed by atoms with van der Waals surface area (Å²) >= 11 is 0. The first kappa shape index (κ1) is 32.6. The third kappa shape index (κ3) is 7.02. The van der Waals surface area contributed by atoms with Crippen LogP contribution in [0.2, 0.25) is 0 Å². The van der Waals surface area contributed by atoms with Crippen molar-refractivity contribution in [2.24, 2.45) is 5.92 Å². The average molecular weight is 642 g/mol. The van der Waals surface area contributed by atoms with Gasteiger partial charge in [-0.2, -0.15) is 0 Å². The molecule has 2 aliphatic heterocycles. The molecule has 0 bridgehead atoms. The number of hydrogen-bond acceptors (Lipinski definition) is 5. The number of benzene rings is 3. The van der Waals surface area contributed by atoms with Crippen LogP contribution in [0.5, 0.6) is 0 Å². The highest BCUT2D eigenvalue weighted by molar-refractivity contribution is 5.97. The molecule has 2 saturated heterocycles. The predicted octanol–water partition coefficient (Wildman–Crippen LogP) is 3.64. The summed E-state index contributed by atoms with van der Waals surface area (Å²) in [7, 11) is 1.70. The number of halogens is 1. The summed E-state index contributed by atoms with van der Waals surface area (Å²) in [6.07, 6.45) is 4.88. The summed E-state index contributed by atoms with van der Waals surface area (Å²) in [5.41, 5.74) is 1.81. The van der Waals surface area contributed by atoms with Gasteiger partial charge in [0, 0.05) is 13.0 Å². The molecule has 47 heavy (non-hydrogen) atoms. The van der Waals surface area contributed by atoms with E-state index in [2.05, 4.69) is 16.7 Å². The van der Waals surface area contributed by atoms with Crippen molar-refractivity contribution in [3.8, 4) is 0 Å². The molecule has 248 valence electrons. The molecule has 1 aliphatic carbocycles. The molecule has 10 heteroatoms. The molecular weight excluding hydrogens is 597 g/mol. The molecule has 6 rings (SSSR count). The lowest BCUT2D eigenvalue weighted by Crippen LogP contribution is -2.66. The first-order chi connectivity index (χ1) is 22.7. The number of rotatable bonds is 10. The first-order valence-electron chi connectivity index (χ1n) is 16.8. The van der Waals surface area contributed by atoms with Gasteiger partial charge >= 0.3 is 0 Å². The fraction of sp³-hybridized carbons (Fsp3) is 0.459. The molecule has 4 atom stereocenters. The van der Waals surface area contributed by atoms with E-state index < -0.39 is 24.3 Å². The van der Waals surface area contributed by atoms with E-state index in [0.717, 1.165) is 54.0 Å². The van der Waals surface area contributed by atoms with Crippen LogP contribution in [0.15, 0.2) is 66.7 Å². The van der Waals surface area contributed by atoms with Crippen LogP contribution in [0.3, 0.4) is 0 Å². The number of hydrogen-bond donors (Lipinski definition) is 2. The van der Waals surface area contributed by atoms with Crippen LogP contribution in [-0.4, -0.2) is 89.3 Å². The van der Waals surface area contributed by atoms with E-state index in [-0.39, 0.29) is 48.5 Å². The van der Waals surface area contributed by atoms with Crippen molar-refractivity contribution < 1.29 is 23.6 Å². The second-order valence-electron chi connectivity index (χ2n) is 13.2. The molecule has 1 saturated carbocycles. The quantitative estimate of drug-likeness (QED) is 0.352. The Hall–Kier alpha value is -4.31. The van der Waals surface area contributed by atoms with Crippen molar-refractivity contribution in [2.75, 3.05) is 26.7 Å². The van der Waals surface area contributed by atoms with E-state index in [1.165, 1.54) is 12.1 Å². The van der Waals surface area contributed by atoms with Crippen LogP contribution in [0.25, 0.3) is 10.8 Å². The Bertz CT molecular complexity index is 1620. The zero-order chi connectivity index (χ0) is 33.1. The maximum Gasteiger partial charge on any atom is 0.247 e. The van der Waals surface area contributed by atoms with Gasteiger partial charge < -0.3 is 25.3 Å². The standard InChI is InChI=1S/C37H44FN5O4/c1-24(39-2)35(45)40-34(28-9-4-3-5-10-28)37(47)42-23-33(44)43-31(21-26-12-15-27-8-6-7-11-29(27)20-26)36(46)41(22-32(42)43)19-18-25-13-16-30(38)17-14-25/h6-8,11-17,20,24,28,31-32,34,39H,3-5,9-10,18-19,21-23H2,1-2H3,(H,40,45)/t24-,31-,32+,34-/m0/s1. The lowest BCUT2D eigenvalue weighted by molar-refractivity contribution is -0.156. The van der Waals surface area contributed by atoms with Gasteiger partial charge in [0.1, 0.15) is 30.6 Å². The third-order valence-corrected chi connectivity index (χ3v) is 10.2. The number of fused-ring (bicyclic) bond motifs is 2. The first-order valence-corrected chi connectivity index (χ1v) is 16.8. The molecule has 4 amide bonds. The number of carbonyl (C=O) groups is 4. The fourth-order valence-electron chi connectivity index (χ4n) is 7.39. The van der Waals surface area contributed by atoms with Gasteiger partial charge in [-0.1, -0.05) is 73.9 Å². The van der Waals surface area contributed by atoms with Crippen LogP contribution >= 0.6 is 0 Å². The molecule has 3 fully saturated rings. The van der Waals surface area contributed by atoms with Crippen LogP contribution in [0.1, 0.15) is 50.2 Å². The number of likely N-dealkylation sites (N-methyl/N-ethyl adjacent to an activating group) is 1. The molecular formula is C37H44FN5O4. The minimum absolute atomic E-state index is 0.0263. The normalized spacial score (nSPS) is 21.6. The zero-order valence-corrected chi connectivity index (χ0v) is 27.2. The second-order valence-corrected chi connectivity index (χ2v) is 13.2. The summed E-state index contributed by atoms with van der Waals surface area (Å²) in [4.78, 5) is 60.5. The van der Waals surface area contributed by atoms with E-state index in [1.54, 1.807) is 40.8 Å². The van der Waals surface area contributed by atoms with Crippen molar-refractivity contribution >= 4 is 34.4 Å².